The van der Waals surface area contributed by atoms with Crippen molar-refractivity contribution in [1.82, 2.24) is 4.98 Å². The lowest BCUT2D eigenvalue weighted by Gasteiger charge is -2.32. The molecule has 0 amide bonds. The molecule has 0 bridgehead atoms. The van der Waals surface area contributed by atoms with Crippen molar-refractivity contribution in [3.63, 3.8) is 0 Å². The Balaban J connectivity index is 2.34. The number of anilines is 1. The van der Waals surface area contributed by atoms with Gasteiger partial charge in [-0.15, -0.1) is 0 Å². The van der Waals surface area contributed by atoms with E-state index in [4.69, 9.17) is 17.3 Å². The molecule has 1 saturated heterocycles. The zero-order chi connectivity index (χ0) is 11.8. The highest BCUT2D eigenvalue weighted by atomic mass is 35.5. The van der Waals surface area contributed by atoms with E-state index in [2.05, 4.69) is 23.7 Å². The number of aromatic nitrogens is 1. The first kappa shape index (κ1) is 11.7. The van der Waals surface area contributed by atoms with E-state index in [1.54, 1.807) is 6.20 Å². The van der Waals surface area contributed by atoms with E-state index in [1.807, 2.05) is 6.07 Å². The number of halogens is 1. The second kappa shape index (κ2) is 4.22. The second-order valence-electron chi connectivity index (χ2n) is 4.91. The first-order chi connectivity index (χ1) is 7.54. The van der Waals surface area contributed by atoms with Gasteiger partial charge in [0.1, 0.15) is 5.82 Å². The largest absolute Gasteiger partial charge is 0.351 e. The SMILES string of the molecule is CC1(C)CCCN1c1cc(CN)c(Cl)cn1. The summed E-state index contributed by atoms with van der Waals surface area (Å²) >= 11 is 6.01. The predicted molar refractivity (Wildman–Crippen MR) is 67.8 cm³/mol. The summed E-state index contributed by atoms with van der Waals surface area (Å²) in [7, 11) is 0. The van der Waals surface area contributed by atoms with Crippen LogP contribution in [0.1, 0.15) is 32.3 Å². The summed E-state index contributed by atoms with van der Waals surface area (Å²) in [5.41, 5.74) is 6.81. The van der Waals surface area contributed by atoms with Crippen LogP contribution in [0.2, 0.25) is 5.02 Å². The molecule has 1 fully saturated rings. The highest BCUT2D eigenvalue weighted by molar-refractivity contribution is 6.31. The van der Waals surface area contributed by atoms with Crippen molar-refractivity contribution in [2.45, 2.75) is 38.8 Å². The van der Waals surface area contributed by atoms with Crippen molar-refractivity contribution in [2.24, 2.45) is 5.73 Å². The lowest BCUT2D eigenvalue weighted by atomic mass is 10.0. The highest BCUT2D eigenvalue weighted by Crippen LogP contribution is 2.33. The van der Waals surface area contributed by atoms with E-state index in [0.29, 0.717) is 11.6 Å². The molecule has 0 aromatic carbocycles. The summed E-state index contributed by atoms with van der Waals surface area (Å²) in [5, 5.41) is 0.656. The van der Waals surface area contributed by atoms with E-state index in [9.17, 15) is 0 Å². The fourth-order valence-corrected chi connectivity index (χ4v) is 2.48. The number of pyridine rings is 1. The Morgan fingerprint density at radius 3 is 2.88 bits per heavy atom. The van der Waals surface area contributed by atoms with Crippen LogP contribution in [0.25, 0.3) is 0 Å². The Bertz CT molecular complexity index is 390. The molecule has 0 unspecified atom stereocenters. The van der Waals surface area contributed by atoms with Crippen LogP contribution in [0, 0.1) is 0 Å². The number of nitrogens with zero attached hydrogens (tertiary/aromatic N) is 2. The number of rotatable bonds is 2. The minimum absolute atomic E-state index is 0.187. The minimum atomic E-state index is 0.187. The Morgan fingerprint density at radius 2 is 2.31 bits per heavy atom. The van der Waals surface area contributed by atoms with Gasteiger partial charge in [0.25, 0.3) is 0 Å². The Kier molecular flexibility index (Phi) is 3.08. The first-order valence-electron chi connectivity index (χ1n) is 5.67. The maximum Gasteiger partial charge on any atom is 0.129 e. The summed E-state index contributed by atoms with van der Waals surface area (Å²) in [6, 6.07) is 2.01. The third-order valence-corrected chi connectivity index (χ3v) is 3.66. The van der Waals surface area contributed by atoms with Crippen LogP contribution in [-0.2, 0) is 6.54 Å². The zero-order valence-corrected chi connectivity index (χ0v) is 10.6. The first-order valence-corrected chi connectivity index (χ1v) is 6.04. The monoisotopic (exact) mass is 239 g/mol. The molecular formula is C12H18ClN3. The normalized spacial score (nSPS) is 19.1. The molecule has 1 aliphatic rings. The van der Waals surface area contributed by atoms with Crippen molar-refractivity contribution < 1.29 is 0 Å². The molecule has 2 rings (SSSR count). The van der Waals surface area contributed by atoms with Gasteiger partial charge in [0.2, 0.25) is 0 Å². The molecular weight excluding hydrogens is 222 g/mol. The van der Waals surface area contributed by atoms with E-state index < -0.39 is 0 Å². The van der Waals surface area contributed by atoms with Gasteiger partial charge in [-0.25, -0.2) is 4.98 Å². The molecule has 4 heteroatoms. The van der Waals surface area contributed by atoms with Gasteiger partial charge in [-0.3, -0.25) is 0 Å². The highest BCUT2D eigenvalue weighted by Gasteiger charge is 2.32. The van der Waals surface area contributed by atoms with Crippen molar-refractivity contribution >= 4 is 17.4 Å². The topological polar surface area (TPSA) is 42.1 Å². The number of hydrogen-bond donors (Lipinski definition) is 1. The van der Waals surface area contributed by atoms with Crippen LogP contribution in [0.3, 0.4) is 0 Å². The van der Waals surface area contributed by atoms with Crippen LogP contribution >= 0.6 is 11.6 Å². The smallest absolute Gasteiger partial charge is 0.129 e. The molecule has 0 spiro atoms. The molecule has 16 heavy (non-hydrogen) atoms. The standard InChI is InChI=1S/C12H18ClN3/c1-12(2)4-3-5-16(12)11-6-9(7-14)10(13)8-15-11/h6,8H,3-5,7,14H2,1-2H3. The van der Waals surface area contributed by atoms with Gasteiger partial charge in [-0.1, -0.05) is 11.6 Å². The summed E-state index contributed by atoms with van der Waals surface area (Å²) < 4.78 is 0. The fourth-order valence-electron chi connectivity index (χ4n) is 2.30. The zero-order valence-electron chi connectivity index (χ0n) is 9.83. The molecule has 0 saturated carbocycles. The van der Waals surface area contributed by atoms with Crippen LogP contribution in [0.5, 0.6) is 0 Å². The van der Waals surface area contributed by atoms with Crippen LogP contribution in [0.15, 0.2) is 12.3 Å². The number of hydrogen-bond acceptors (Lipinski definition) is 3. The maximum absolute atomic E-state index is 6.01. The lowest BCUT2D eigenvalue weighted by Crippen LogP contribution is -2.38. The molecule has 1 aliphatic heterocycles. The fraction of sp³-hybridized carbons (Fsp3) is 0.583. The molecule has 2 N–H and O–H groups in total. The predicted octanol–water partition coefficient (Wildman–Crippen LogP) is 2.57. The average Bonchev–Trinajstić information content (AvgIpc) is 2.59. The van der Waals surface area contributed by atoms with Gasteiger partial charge in [-0.2, -0.15) is 0 Å². The van der Waals surface area contributed by atoms with Crippen molar-refractivity contribution in [3.05, 3.63) is 22.8 Å². The van der Waals surface area contributed by atoms with Crippen LogP contribution < -0.4 is 10.6 Å². The summed E-state index contributed by atoms with van der Waals surface area (Å²) in [6.07, 6.45) is 4.12. The average molecular weight is 240 g/mol. The molecule has 1 aromatic rings. The molecule has 1 aromatic heterocycles. The minimum Gasteiger partial charge on any atom is -0.351 e. The molecule has 2 heterocycles. The van der Waals surface area contributed by atoms with E-state index in [0.717, 1.165) is 17.9 Å². The van der Waals surface area contributed by atoms with Crippen molar-refractivity contribution in [3.8, 4) is 0 Å². The molecule has 0 aliphatic carbocycles. The van der Waals surface area contributed by atoms with Crippen LogP contribution in [-0.4, -0.2) is 17.1 Å². The lowest BCUT2D eigenvalue weighted by molar-refractivity contribution is 0.514. The summed E-state index contributed by atoms with van der Waals surface area (Å²) in [4.78, 5) is 6.74. The molecule has 88 valence electrons. The van der Waals surface area contributed by atoms with E-state index in [-0.39, 0.29) is 5.54 Å². The third kappa shape index (κ3) is 2.02. The van der Waals surface area contributed by atoms with E-state index in [1.165, 1.54) is 12.8 Å². The second-order valence-corrected chi connectivity index (χ2v) is 5.31. The summed E-state index contributed by atoms with van der Waals surface area (Å²) in [6.45, 7) is 6.02. The Morgan fingerprint density at radius 1 is 1.56 bits per heavy atom. The Labute approximate surface area is 102 Å². The van der Waals surface area contributed by atoms with Gasteiger partial charge >= 0.3 is 0 Å². The van der Waals surface area contributed by atoms with E-state index >= 15 is 0 Å². The van der Waals surface area contributed by atoms with Crippen molar-refractivity contribution in [2.75, 3.05) is 11.4 Å². The number of nitrogens with two attached hydrogens (primary N) is 1. The van der Waals surface area contributed by atoms with Gasteiger partial charge in [-0.05, 0) is 38.3 Å². The summed E-state index contributed by atoms with van der Waals surface area (Å²) in [5.74, 6) is 0.993. The molecule has 0 atom stereocenters. The molecule has 3 nitrogen and oxygen atoms in total. The maximum atomic E-state index is 6.01. The quantitative estimate of drug-likeness (QED) is 0.863. The van der Waals surface area contributed by atoms with Gasteiger partial charge < -0.3 is 10.6 Å². The third-order valence-electron chi connectivity index (χ3n) is 3.32. The molecule has 0 radical (unpaired) electrons. The van der Waals surface area contributed by atoms with Crippen LogP contribution in [0.4, 0.5) is 5.82 Å². The van der Waals surface area contributed by atoms with Gasteiger partial charge in [0.15, 0.2) is 0 Å². The van der Waals surface area contributed by atoms with Crippen molar-refractivity contribution in [1.29, 1.82) is 0 Å². The van der Waals surface area contributed by atoms with Gasteiger partial charge in [0, 0.05) is 24.8 Å². The Hall–Kier alpha value is -0.800. The van der Waals surface area contributed by atoms with Gasteiger partial charge in [0.05, 0.1) is 5.02 Å².